The van der Waals surface area contributed by atoms with Gasteiger partial charge in [0.15, 0.2) is 9.84 Å². The third-order valence-corrected chi connectivity index (χ3v) is 6.19. The third kappa shape index (κ3) is 4.79. The van der Waals surface area contributed by atoms with Crippen molar-refractivity contribution >= 4 is 15.7 Å². The Bertz CT molecular complexity index is 426. The summed E-state index contributed by atoms with van der Waals surface area (Å²) in [6, 6.07) is 0.114. The number of nitrogens with one attached hydrogen (secondary N) is 1. The maximum absolute atomic E-state index is 11.8. The molecule has 112 valence electrons. The van der Waals surface area contributed by atoms with Crippen molar-refractivity contribution in [3.63, 3.8) is 0 Å². The van der Waals surface area contributed by atoms with E-state index in [1.165, 1.54) is 0 Å². The molecule has 2 atom stereocenters. The highest BCUT2D eigenvalue weighted by Crippen LogP contribution is 2.38. The van der Waals surface area contributed by atoms with Crippen LogP contribution in [0.2, 0.25) is 0 Å². The van der Waals surface area contributed by atoms with E-state index in [1.807, 2.05) is 0 Å². The van der Waals surface area contributed by atoms with E-state index in [1.54, 1.807) is 13.8 Å². The molecule has 0 aromatic heterocycles. The van der Waals surface area contributed by atoms with Crippen LogP contribution >= 0.6 is 0 Å². The molecular formula is C14H27NO3S. The highest BCUT2D eigenvalue weighted by atomic mass is 32.2. The smallest absolute Gasteiger partial charge is 0.235 e. The first-order valence-electron chi connectivity index (χ1n) is 7.04. The molecule has 1 N–H and O–H groups in total. The van der Waals surface area contributed by atoms with Gasteiger partial charge in [0.25, 0.3) is 0 Å². The summed E-state index contributed by atoms with van der Waals surface area (Å²) in [4.78, 5) is 11.8. The minimum absolute atomic E-state index is 0.114. The van der Waals surface area contributed by atoms with Gasteiger partial charge in [-0.05, 0) is 44.4 Å². The summed E-state index contributed by atoms with van der Waals surface area (Å²) in [7, 11) is -3.30. The molecule has 1 saturated carbocycles. The number of amides is 1. The molecule has 0 unspecified atom stereocenters. The summed E-state index contributed by atoms with van der Waals surface area (Å²) in [5, 5.41) is 2.40. The molecule has 1 aliphatic rings. The Hall–Kier alpha value is -0.580. The fraction of sp³-hybridized carbons (Fsp3) is 0.929. The quantitative estimate of drug-likeness (QED) is 0.862. The van der Waals surface area contributed by atoms with Gasteiger partial charge >= 0.3 is 0 Å². The SMILES string of the molecule is CC(C)S(=O)(=O)CC(=O)N[C@H]1CCC(C)(C)C[C@H]1C. The number of rotatable bonds is 4. The Balaban J connectivity index is 2.55. The van der Waals surface area contributed by atoms with Crippen LogP contribution in [0.4, 0.5) is 0 Å². The van der Waals surface area contributed by atoms with Crippen molar-refractivity contribution in [1.82, 2.24) is 5.32 Å². The van der Waals surface area contributed by atoms with Crippen LogP contribution in [0.5, 0.6) is 0 Å². The van der Waals surface area contributed by atoms with E-state index in [-0.39, 0.29) is 11.9 Å². The van der Waals surface area contributed by atoms with Crippen molar-refractivity contribution in [2.24, 2.45) is 11.3 Å². The van der Waals surface area contributed by atoms with Crippen LogP contribution in [0.1, 0.15) is 53.9 Å². The number of hydrogen-bond donors (Lipinski definition) is 1. The average molecular weight is 289 g/mol. The first kappa shape index (κ1) is 16.5. The van der Waals surface area contributed by atoms with Gasteiger partial charge in [-0.2, -0.15) is 0 Å². The summed E-state index contributed by atoms with van der Waals surface area (Å²) in [5.74, 6) is -0.350. The summed E-state index contributed by atoms with van der Waals surface area (Å²) in [5.41, 5.74) is 0.324. The molecule has 19 heavy (non-hydrogen) atoms. The van der Waals surface area contributed by atoms with Gasteiger partial charge in [-0.3, -0.25) is 4.79 Å². The summed E-state index contributed by atoms with van der Waals surface area (Å²) in [6.07, 6.45) is 3.07. The molecule has 0 radical (unpaired) electrons. The largest absolute Gasteiger partial charge is 0.352 e. The van der Waals surface area contributed by atoms with E-state index in [4.69, 9.17) is 0 Å². The van der Waals surface area contributed by atoms with Crippen LogP contribution in [0.15, 0.2) is 0 Å². The zero-order chi connectivity index (χ0) is 14.8. The van der Waals surface area contributed by atoms with Gasteiger partial charge in [-0.25, -0.2) is 8.42 Å². The predicted molar refractivity (Wildman–Crippen MR) is 77.6 cm³/mol. The maximum atomic E-state index is 11.8. The van der Waals surface area contributed by atoms with E-state index in [0.717, 1.165) is 19.3 Å². The molecule has 0 aromatic rings. The van der Waals surface area contributed by atoms with Crippen LogP contribution in [-0.4, -0.2) is 31.4 Å². The molecular weight excluding hydrogens is 262 g/mol. The number of sulfone groups is 1. The van der Waals surface area contributed by atoms with Crippen molar-refractivity contribution in [2.45, 2.75) is 65.2 Å². The summed E-state index contributed by atoms with van der Waals surface area (Å²) >= 11 is 0. The molecule has 1 aliphatic carbocycles. The molecule has 4 nitrogen and oxygen atoms in total. The molecule has 0 heterocycles. The fourth-order valence-electron chi connectivity index (χ4n) is 2.76. The van der Waals surface area contributed by atoms with Gasteiger partial charge in [-0.1, -0.05) is 20.8 Å². The molecule has 1 fully saturated rings. The average Bonchev–Trinajstić information content (AvgIpc) is 2.20. The van der Waals surface area contributed by atoms with E-state index in [0.29, 0.717) is 11.3 Å². The highest BCUT2D eigenvalue weighted by molar-refractivity contribution is 7.92. The predicted octanol–water partition coefficient (Wildman–Crippen LogP) is 2.14. The summed E-state index contributed by atoms with van der Waals surface area (Å²) < 4.78 is 23.4. The van der Waals surface area contributed by atoms with Crippen LogP contribution in [-0.2, 0) is 14.6 Å². The second-order valence-corrected chi connectivity index (χ2v) is 9.47. The van der Waals surface area contributed by atoms with Crippen LogP contribution in [0.25, 0.3) is 0 Å². The van der Waals surface area contributed by atoms with Crippen LogP contribution < -0.4 is 5.32 Å². The fourth-order valence-corrected chi connectivity index (χ4v) is 3.54. The number of carbonyl (C=O) groups excluding carboxylic acids is 1. The van der Waals surface area contributed by atoms with Crippen molar-refractivity contribution in [1.29, 1.82) is 0 Å². The minimum Gasteiger partial charge on any atom is -0.352 e. The monoisotopic (exact) mass is 289 g/mol. The maximum Gasteiger partial charge on any atom is 0.235 e. The Morgan fingerprint density at radius 3 is 2.42 bits per heavy atom. The van der Waals surface area contributed by atoms with Crippen molar-refractivity contribution in [2.75, 3.05) is 5.75 Å². The van der Waals surface area contributed by atoms with E-state index < -0.39 is 20.8 Å². The standard InChI is InChI=1S/C14H27NO3S/c1-10(2)19(17,18)9-13(16)15-12-6-7-14(4,5)8-11(12)3/h10-12H,6-9H2,1-5H3,(H,15,16)/t11-,12+/m1/s1. The zero-order valence-electron chi connectivity index (χ0n) is 12.7. The highest BCUT2D eigenvalue weighted by Gasteiger charge is 2.33. The molecule has 0 bridgehead atoms. The van der Waals surface area contributed by atoms with E-state index in [9.17, 15) is 13.2 Å². The van der Waals surface area contributed by atoms with Gasteiger partial charge in [0, 0.05) is 6.04 Å². The van der Waals surface area contributed by atoms with E-state index >= 15 is 0 Å². The van der Waals surface area contributed by atoms with Gasteiger partial charge in [0.1, 0.15) is 5.75 Å². The topological polar surface area (TPSA) is 63.2 Å². The lowest BCUT2D eigenvalue weighted by molar-refractivity contribution is -0.120. The second-order valence-electron chi connectivity index (χ2n) is 6.91. The molecule has 0 aliphatic heterocycles. The van der Waals surface area contributed by atoms with Crippen LogP contribution in [0.3, 0.4) is 0 Å². The Morgan fingerprint density at radius 2 is 1.95 bits per heavy atom. The first-order chi connectivity index (χ1) is 8.53. The lowest BCUT2D eigenvalue weighted by Crippen LogP contribution is -2.46. The lowest BCUT2D eigenvalue weighted by atomic mass is 9.70. The molecule has 1 rings (SSSR count). The lowest BCUT2D eigenvalue weighted by Gasteiger charge is -2.39. The number of carbonyl (C=O) groups is 1. The third-order valence-electron chi connectivity index (χ3n) is 4.09. The minimum atomic E-state index is -3.30. The Morgan fingerprint density at radius 1 is 1.37 bits per heavy atom. The number of hydrogen-bond acceptors (Lipinski definition) is 3. The Labute approximate surface area is 117 Å². The molecule has 0 spiro atoms. The van der Waals surface area contributed by atoms with E-state index in [2.05, 4.69) is 26.1 Å². The second kappa shape index (κ2) is 5.81. The van der Waals surface area contributed by atoms with Gasteiger partial charge in [0.2, 0.25) is 5.91 Å². The van der Waals surface area contributed by atoms with Gasteiger partial charge in [-0.15, -0.1) is 0 Å². The first-order valence-corrected chi connectivity index (χ1v) is 8.76. The van der Waals surface area contributed by atoms with Gasteiger partial charge < -0.3 is 5.32 Å². The van der Waals surface area contributed by atoms with Gasteiger partial charge in [0.05, 0.1) is 5.25 Å². The molecule has 1 amide bonds. The molecule has 5 heteroatoms. The molecule has 0 saturated heterocycles. The van der Waals surface area contributed by atoms with Crippen molar-refractivity contribution in [3.05, 3.63) is 0 Å². The summed E-state index contributed by atoms with van der Waals surface area (Å²) in [6.45, 7) is 9.82. The normalized spacial score (nSPS) is 27.3. The molecule has 0 aromatic carbocycles. The Kier molecular flexibility index (Phi) is 5.04. The van der Waals surface area contributed by atoms with Crippen LogP contribution in [0, 0.1) is 11.3 Å². The van der Waals surface area contributed by atoms with Crippen molar-refractivity contribution < 1.29 is 13.2 Å². The zero-order valence-corrected chi connectivity index (χ0v) is 13.5. The van der Waals surface area contributed by atoms with Crippen molar-refractivity contribution in [3.8, 4) is 0 Å².